The summed E-state index contributed by atoms with van der Waals surface area (Å²) in [6.07, 6.45) is 0.757. The predicted octanol–water partition coefficient (Wildman–Crippen LogP) is 2.74. The lowest BCUT2D eigenvalue weighted by Crippen LogP contribution is -2.30. The zero-order chi connectivity index (χ0) is 15.8. The Bertz CT molecular complexity index is 625. The van der Waals surface area contributed by atoms with E-state index < -0.39 is 0 Å². The number of hydrogen-bond acceptors (Lipinski definition) is 3. The first-order valence-corrected chi connectivity index (χ1v) is 7.27. The number of methoxy groups -OCH3 is 1. The average molecular weight is 299 g/mol. The molecule has 0 saturated carbocycles. The van der Waals surface area contributed by atoms with Crippen LogP contribution in [0.1, 0.15) is 11.1 Å². The molecule has 4 heteroatoms. The molecule has 4 nitrogen and oxygen atoms in total. The van der Waals surface area contributed by atoms with E-state index in [-0.39, 0.29) is 12.5 Å². The molecule has 116 valence electrons. The average Bonchev–Trinajstić information content (AvgIpc) is 2.54. The molecular formula is C18H21NO3. The fourth-order valence-electron chi connectivity index (χ4n) is 2.09. The van der Waals surface area contributed by atoms with Crippen LogP contribution in [0.4, 0.5) is 0 Å². The molecule has 22 heavy (non-hydrogen) atoms. The summed E-state index contributed by atoms with van der Waals surface area (Å²) >= 11 is 0. The normalized spacial score (nSPS) is 10.1. The molecule has 0 saturated heterocycles. The highest BCUT2D eigenvalue weighted by molar-refractivity contribution is 5.77. The van der Waals surface area contributed by atoms with Crippen molar-refractivity contribution >= 4 is 5.91 Å². The minimum Gasteiger partial charge on any atom is -0.497 e. The van der Waals surface area contributed by atoms with E-state index in [1.807, 2.05) is 55.5 Å². The van der Waals surface area contributed by atoms with E-state index in [4.69, 9.17) is 9.47 Å². The van der Waals surface area contributed by atoms with Gasteiger partial charge >= 0.3 is 0 Å². The molecule has 2 rings (SSSR count). The standard InChI is InChI=1S/C18H21NO3/c1-14-6-3-4-9-17(14)22-13-18(20)19-11-10-15-7-5-8-16(12-15)21-2/h3-9,12H,10-11,13H2,1-2H3,(H,19,20). The summed E-state index contributed by atoms with van der Waals surface area (Å²) in [4.78, 5) is 11.8. The van der Waals surface area contributed by atoms with Gasteiger partial charge in [0.2, 0.25) is 0 Å². The zero-order valence-electron chi connectivity index (χ0n) is 13.0. The third-order valence-electron chi connectivity index (χ3n) is 3.32. The number of aryl methyl sites for hydroxylation is 1. The quantitative estimate of drug-likeness (QED) is 0.855. The van der Waals surface area contributed by atoms with Gasteiger partial charge in [-0.15, -0.1) is 0 Å². The van der Waals surface area contributed by atoms with Crippen LogP contribution in [0.5, 0.6) is 11.5 Å². The lowest BCUT2D eigenvalue weighted by molar-refractivity contribution is -0.123. The van der Waals surface area contributed by atoms with Gasteiger partial charge in [0.1, 0.15) is 11.5 Å². The van der Waals surface area contributed by atoms with Gasteiger partial charge in [0.25, 0.3) is 5.91 Å². The number of carbonyl (C=O) groups excluding carboxylic acids is 1. The molecule has 0 aliphatic rings. The van der Waals surface area contributed by atoms with E-state index in [1.54, 1.807) is 7.11 Å². The predicted molar refractivity (Wildman–Crippen MR) is 86.4 cm³/mol. The molecule has 0 aliphatic heterocycles. The number of rotatable bonds is 7. The van der Waals surface area contributed by atoms with Crippen LogP contribution in [0.3, 0.4) is 0 Å². The van der Waals surface area contributed by atoms with Crippen LogP contribution in [-0.2, 0) is 11.2 Å². The largest absolute Gasteiger partial charge is 0.497 e. The van der Waals surface area contributed by atoms with Crippen molar-refractivity contribution in [2.24, 2.45) is 0 Å². The first-order valence-electron chi connectivity index (χ1n) is 7.27. The van der Waals surface area contributed by atoms with Crippen LogP contribution < -0.4 is 14.8 Å². The molecule has 1 N–H and O–H groups in total. The third kappa shape index (κ3) is 4.81. The van der Waals surface area contributed by atoms with Gasteiger partial charge in [-0.1, -0.05) is 30.3 Å². The van der Waals surface area contributed by atoms with Crippen molar-refractivity contribution < 1.29 is 14.3 Å². The molecule has 0 aromatic heterocycles. The zero-order valence-corrected chi connectivity index (χ0v) is 13.0. The SMILES string of the molecule is COc1cccc(CCNC(=O)COc2ccccc2C)c1. The fourth-order valence-corrected chi connectivity index (χ4v) is 2.09. The molecule has 0 fully saturated rings. The van der Waals surface area contributed by atoms with E-state index in [0.717, 1.165) is 29.0 Å². The van der Waals surface area contributed by atoms with Crippen LogP contribution in [-0.4, -0.2) is 26.2 Å². The Kier molecular flexibility index (Phi) is 5.83. The fraction of sp³-hybridized carbons (Fsp3) is 0.278. The molecule has 0 heterocycles. The molecule has 0 spiro atoms. The van der Waals surface area contributed by atoms with Crippen LogP contribution >= 0.6 is 0 Å². The molecule has 0 radical (unpaired) electrons. The van der Waals surface area contributed by atoms with Gasteiger partial charge in [-0.2, -0.15) is 0 Å². The topological polar surface area (TPSA) is 47.6 Å². The third-order valence-corrected chi connectivity index (χ3v) is 3.32. The second-order valence-corrected chi connectivity index (χ2v) is 5.01. The molecule has 0 bridgehead atoms. The Labute approximate surface area is 131 Å². The van der Waals surface area contributed by atoms with E-state index in [0.29, 0.717) is 6.54 Å². The monoisotopic (exact) mass is 299 g/mol. The van der Waals surface area contributed by atoms with Crippen molar-refractivity contribution in [3.63, 3.8) is 0 Å². The van der Waals surface area contributed by atoms with Gasteiger partial charge in [0.05, 0.1) is 7.11 Å². The summed E-state index contributed by atoms with van der Waals surface area (Å²) in [6.45, 7) is 2.56. The highest BCUT2D eigenvalue weighted by Gasteiger charge is 2.04. The Hall–Kier alpha value is -2.49. The van der Waals surface area contributed by atoms with E-state index in [1.165, 1.54) is 0 Å². The summed E-state index contributed by atoms with van der Waals surface area (Å²) in [6, 6.07) is 15.5. The summed E-state index contributed by atoms with van der Waals surface area (Å²) in [7, 11) is 1.64. The number of hydrogen-bond donors (Lipinski definition) is 1. The number of para-hydroxylation sites is 1. The molecule has 0 unspecified atom stereocenters. The van der Waals surface area contributed by atoms with Gasteiger partial charge in [0.15, 0.2) is 6.61 Å². The lowest BCUT2D eigenvalue weighted by Gasteiger charge is -2.09. The smallest absolute Gasteiger partial charge is 0.257 e. The number of amides is 1. The second-order valence-electron chi connectivity index (χ2n) is 5.01. The molecule has 1 amide bonds. The second kappa shape index (κ2) is 8.08. The van der Waals surface area contributed by atoms with Crippen LogP contribution in [0.2, 0.25) is 0 Å². The highest BCUT2D eigenvalue weighted by atomic mass is 16.5. The minimum atomic E-state index is -0.119. The maximum atomic E-state index is 11.8. The minimum absolute atomic E-state index is 0.0307. The van der Waals surface area contributed by atoms with Crippen LogP contribution in [0.15, 0.2) is 48.5 Å². The Balaban J connectivity index is 1.72. The Morgan fingerprint density at radius 1 is 1.14 bits per heavy atom. The van der Waals surface area contributed by atoms with Crippen LogP contribution in [0, 0.1) is 6.92 Å². The lowest BCUT2D eigenvalue weighted by atomic mass is 10.1. The Morgan fingerprint density at radius 3 is 2.73 bits per heavy atom. The van der Waals surface area contributed by atoms with Gasteiger partial charge in [-0.25, -0.2) is 0 Å². The number of benzene rings is 2. The molecule has 0 aliphatic carbocycles. The summed E-state index contributed by atoms with van der Waals surface area (Å²) in [5.41, 5.74) is 2.14. The number of nitrogens with one attached hydrogen (secondary N) is 1. The maximum absolute atomic E-state index is 11.8. The summed E-state index contributed by atoms with van der Waals surface area (Å²) in [5.74, 6) is 1.45. The summed E-state index contributed by atoms with van der Waals surface area (Å²) < 4.78 is 10.7. The van der Waals surface area contributed by atoms with Crippen molar-refractivity contribution in [2.75, 3.05) is 20.3 Å². The van der Waals surface area contributed by atoms with Crippen molar-refractivity contribution in [1.82, 2.24) is 5.32 Å². The highest BCUT2D eigenvalue weighted by Crippen LogP contribution is 2.15. The van der Waals surface area contributed by atoms with Gasteiger partial charge in [0, 0.05) is 6.54 Å². The Morgan fingerprint density at radius 2 is 1.95 bits per heavy atom. The van der Waals surface area contributed by atoms with Crippen LogP contribution in [0.25, 0.3) is 0 Å². The first-order chi connectivity index (χ1) is 10.7. The molecule has 2 aromatic carbocycles. The van der Waals surface area contributed by atoms with Crippen molar-refractivity contribution in [1.29, 1.82) is 0 Å². The first kappa shape index (κ1) is 15.9. The molecule has 0 atom stereocenters. The van der Waals surface area contributed by atoms with Gasteiger partial charge < -0.3 is 14.8 Å². The van der Waals surface area contributed by atoms with E-state index >= 15 is 0 Å². The number of carbonyl (C=O) groups is 1. The van der Waals surface area contributed by atoms with E-state index in [2.05, 4.69) is 5.32 Å². The van der Waals surface area contributed by atoms with Crippen molar-refractivity contribution in [3.05, 3.63) is 59.7 Å². The summed E-state index contributed by atoms with van der Waals surface area (Å²) in [5, 5.41) is 2.85. The van der Waals surface area contributed by atoms with Gasteiger partial charge in [-0.05, 0) is 42.7 Å². The number of ether oxygens (including phenoxy) is 2. The van der Waals surface area contributed by atoms with Crippen molar-refractivity contribution in [3.8, 4) is 11.5 Å². The van der Waals surface area contributed by atoms with Gasteiger partial charge in [-0.3, -0.25) is 4.79 Å². The molecular weight excluding hydrogens is 278 g/mol. The van der Waals surface area contributed by atoms with E-state index in [9.17, 15) is 4.79 Å². The maximum Gasteiger partial charge on any atom is 0.257 e. The van der Waals surface area contributed by atoms with Crippen molar-refractivity contribution in [2.45, 2.75) is 13.3 Å². The molecule has 2 aromatic rings.